The van der Waals surface area contributed by atoms with Gasteiger partial charge in [0.15, 0.2) is 0 Å². The lowest BCUT2D eigenvalue weighted by atomic mass is 10.2. The summed E-state index contributed by atoms with van der Waals surface area (Å²) < 4.78 is 4.53. The summed E-state index contributed by atoms with van der Waals surface area (Å²) in [5, 5.41) is 3.00. The average molecular weight is 218 g/mol. The van der Waals surface area contributed by atoms with Gasteiger partial charge in [0, 0.05) is 12.1 Å². The molecular formula is C12H14N2O2. The van der Waals surface area contributed by atoms with Crippen molar-refractivity contribution in [2.75, 3.05) is 19.7 Å². The summed E-state index contributed by atoms with van der Waals surface area (Å²) in [4.78, 5) is 10.2. The molecule has 0 aliphatic heterocycles. The smallest absolute Gasteiger partial charge is 0.404 e. The van der Waals surface area contributed by atoms with Gasteiger partial charge in [0.1, 0.15) is 6.61 Å². The van der Waals surface area contributed by atoms with Gasteiger partial charge in [0.2, 0.25) is 0 Å². The van der Waals surface area contributed by atoms with Crippen LogP contribution in [0.3, 0.4) is 0 Å². The van der Waals surface area contributed by atoms with Crippen molar-refractivity contribution in [3.8, 4) is 11.8 Å². The van der Waals surface area contributed by atoms with Crippen molar-refractivity contribution in [1.82, 2.24) is 5.32 Å². The van der Waals surface area contributed by atoms with Crippen LogP contribution >= 0.6 is 0 Å². The fourth-order valence-corrected chi connectivity index (χ4v) is 1.04. The number of rotatable bonds is 4. The highest BCUT2D eigenvalue weighted by molar-refractivity contribution is 5.64. The third kappa shape index (κ3) is 5.68. The van der Waals surface area contributed by atoms with E-state index in [1.165, 1.54) is 0 Å². The van der Waals surface area contributed by atoms with Crippen LogP contribution < -0.4 is 11.1 Å². The zero-order chi connectivity index (χ0) is 11.6. The van der Waals surface area contributed by atoms with Gasteiger partial charge < -0.3 is 15.8 Å². The lowest BCUT2D eigenvalue weighted by Gasteiger charge is -2.00. The molecule has 0 heterocycles. The van der Waals surface area contributed by atoms with E-state index < -0.39 is 6.09 Å². The molecule has 0 atom stereocenters. The van der Waals surface area contributed by atoms with Crippen LogP contribution in [0.25, 0.3) is 0 Å². The molecule has 0 unspecified atom stereocenters. The molecule has 4 heteroatoms. The number of hydrogen-bond donors (Lipinski definition) is 2. The first-order valence-corrected chi connectivity index (χ1v) is 4.96. The van der Waals surface area contributed by atoms with Crippen molar-refractivity contribution in [2.45, 2.75) is 0 Å². The summed E-state index contributed by atoms with van der Waals surface area (Å²) in [5.41, 5.74) is 5.78. The minimum absolute atomic E-state index is 0.266. The van der Waals surface area contributed by atoms with E-state index in [0.717, 1.165) is 5.56 Å². The monoisotopic (exact) mass is 218 g/mol. The van der Waals surface area contributed by atoms with Crippen molar-refractivity contribution >= 4 is 6.09 Å². The van der Waals surface area contributed by atoms with Crippen molar-refractivity contribution in [3.05, 3.63) is 35.9 Å². The van der Waals surface area contributed by atoms with E-state index in [0.29, 0.717) is 13.1 Å². The summed E-state index contributed by atoms with van der Waals surface area (Å²) in [5.74, 6) is 5.96. The predicted octanol–water partition coefficient (Wildman–Crippen LogP) is 0.723. The van der Waals surface area contributed by atoms with Crippen LogP contribution in [0.1, 0.15) is 5.56 Å². The largest absolute Gasteiger partial charge is 0.448 e. The Morgan fingerprint density at radius 1 is 1.38 bits per heavy atom. The second kappa shape index (κ2) is 7.32. The maximum atomic E-state index is 10.2. The second-order valence-electron chi connectivity index (χ2n) is 3.01. The van der Waals surface area contributed by atoms with Crippen LogP contribution in [0.4, 0.5) is 4.79 Å². The van der Waals surface area contributed by atoms with E-state index in [2.05, 4.69) is 21.9 Å². The Kier molecular flexibility index (Phi) is 5.53. The number of primary amides is 1. The molecule has 1 amide bonds. The first-order chi connectivity index (χ1) is 7.79. The Bertz CT molecular complexity index is 379. The van der Waals surface area contributed by atoms with E-state index in [1.54, 1.807) is 0 Å². The summed E-state index contributed by atoms with van der Waals surface area (Å²) in [6.45, 7) is 1.37. The zero-order valence-electron chi connectivity index (χ0n) is 8.90. The zero-order valence-corrected chi connectivity index (χ0v) is 8.90. The molecular weight excluding hydrogens is 204 g/mol. The van der Waals surface area contributed by atoms with E-state index in [4.69, 9.17) is 5.73 Å². The molecule has 0 aliphatic carbocycles. The predicted molar refractivity (Wildman–Crippen MR) is 61.7 cm³/mol. The maximum absolute atomic E-state index is 10.2. The van der Waals surface area contributed by atoms with Gasteiger partial charge in [0.05, 0.1) is 6.54 Å². The number of ether oxygens (including phenoxy) is 1. The molecule has 1 aromatic rings. The minimum atomic E-state index is -0.753. The van der Waals surface area contributed by atoms with Gasteiger partial charge in [-0.3, -0.25) is 0 Å². The Morgan fingerprint density at radius 3 is 2.81 bits per heavy atom. The molecule has 1 rings (SSSR count). The van der Waals surface area contributed by atoms with E-state index in [1.807, 2.05) is 30.3 Å². The highest BCUT2D eigenvalue weighted by Gasteiger charge is 1.90. The number of benzene rings is 1. The number of nitrogens with one attached hydrogen (secondary N) is 1. The molecule has 0 spiro atoms. The van der Waals surface area contributed by atoms with Crippen molar-refractivity contribution in [3.63, 3.8) is 0 Å². The molecule has 84 valence electrons. The van der Waals surface area contributed by atoms with Gasteiger partial charge in [-0.2, -0.15) is 0 Å². The molecule has 0 saturated heterocycles. The lowest BCUT2D eigenvalue weighted by molar-refractivity contribution is 0.158. The Balaban J connectivity index is 2.12. The van der Waals surface area contributed by atoms with Gasteiger partial charge in [0.25, 0.3) is 0 Å². The normalized spacial score (nSPS) is 9.00. The molecule has 0 radical (unpaired) electrons. The van der Waals surface area contributed by atoms with E-state index in [-0.39, 0.29) is 6.61 Å². The van der Waals surface area contributed by atoms with E-state index in [9.17, 15) is 4.79 Å². The fraction of sp³-hybridized carbons (Fsp3) is 0.250. The summed E-state index contributed by atoms with van der Waals surface area (Å²) >= 11 is 0. The number of carbonyl (C=O) groups excluding carboxylic acids is 1. The van der Waals surface area contributed by atoms with Gasteiger partial charge >= 0.3 is 6.09 Å². The molecule has 0 aromatic heterocycles. The van der Waals surface area contributed by atoms with Crippen molar-refractivity contribution in [1.29, 1.82) is 0 Å². The van der Waals surface area contributed by atoms with Crippen molar-refractivity contribution < 1.29 is 9.53 Å². The first kappa shape index (κ1) is 12.1. The molecule has 1 aromatic carbocycles. The van der Waals surface area contributed by atoms with Gasteiger partial charge in [-0.05, 0) is 12.1 Å². The van der Waals surface area contributed by atoms with Gasteiger partial charge in [-0.1, -0.05) is 30.0 Å². The highest BCUT2D eigenvalue weighted by atomic mass is 16.5. The maximum Gasteiger partial charge on any atom is 0.404 e. The highest BCUT2D eigenvalue weighted by Crippen LogP contribution is 1.93. The Morgan fingerprint density at radius 2 is 2.12 bits per heavy atom. The molecule has 4 nitrogen and oxygen atoms in total. The van der Waals surface area contributed by atoms with Crippen LogP contribution in [-0.2, 0) is 4.74 Å². The van der Waals surface area contributed by atoms with Crippen LogP contribution in [0.5, 0.6) is 0 Å². The van der Waals surface area contributed by atoms with Gasteiger partial charge in [-0.25, -0.2) is 4.79 Å². The Hall–Kier alpha value is -1.99. The van der Waals surface area contributed by atoms with E-state index >= 15 is 0 Å². The SMILES string of the molecule is NC(=O)OCCNCC#Cc1ccccc1. The first-order valence-electron chi connectivity index (χ1n) is 4.96. The van der Waals surface area contributed by atoms with Crippen LogP contribution in [0, 0.1) is 11.8 Å². The number of amides is 1. The van der Waals surface area contributed by atoms with Crippen LogP contribution in [0.15, 0.2) is 30.3 Å². The Labute approximate surface area is 94.8 Å². The van der Waals surface area contributed by atoms with Crippen molar-refractivity contribution in [2.24, 2.45) is 5.73 Å². The third-order valence-electron chi connectivity index (χ3n) is 1.74. The summed E-state index contributed by atoms with van der Waals surface area (Å²) in [6.07, 6.45) is -0.753. The topological polar surface area (TPSA) is 64.4 Å². The minimum Gasteiger partial charge on any atom is -0.448 e. The molecule has 0 aliphatic rings. The number of hydrogen-bond acceptors (Lipinski definition) is 3. The fourth-order valence-electron chi connectivity index (χ4n) is 1.04. The summed E-state index contributed by atoms with van der Waals surface area (Å²) in [6, 6.07) is 9.73. The number of carbonyl (C=O) groups is 1. The van der Waals surface area contributed by atoms with Crippen LogP contribution in [0.2, 0.25) is 0 Å². The number of nitrogens with two attached hydrogens (primary N) is 1. The molecule has 16 heavy (non-hydrogen) atoms. The molecule has 0 saturated carbocycles. The molecule has 0 fully saturated rings. The van der Waals surface area contributed by atoms with Crippen LogP contribution in [-0.4, -0.2) is 25.8 Å². The average Bonchev–Trinajstić information content (AvgIpc) is 2.29. The third-order valence-corrected chi connectivity index (χ3v) is 1.74. The second-order valence-corrected chi connectivity index (χ2v) is 3.01. The lowest BCUT2D eigenvalue weighted by Crippen LogP contribution is -2.23. The quantitative estimate of drug-likeness (QED) is 0.578. The van der Waals surface area contributed by atoms with Gasteiger partial charge in [-0.15, -0.1) is 0 Å². The molecule has 3 N–H and O–H groups in total. The standard InChI is InChI=1S/C12H14N2O2/c13-12(15)16-10-9-14-8-4-7-11-5-2-1-3-6-11/h1-3,5-6,14H,8-10H2,(H2,13,15). The molecule has 0 bridgehead atoms. The summed E-state index contributed by atoms with van der Waals surface area (Å²) in [7, 11) is 0.